The van der Waals surface area contributed by atoms with E-state index in [-0.39, 0.29) is 16.4 Å². The Hall–Kier alpha value is -0.440. The molecule has 106 valence electrons. The average molecular weight is 368 g/mol. The maximum atomic E-state index is 12.2. The van der Waals surface area contributed by atoms with Gasteiger partial charge in [0.15, 0.2) is 9.84 Å². The van der Waals surface area contributed by atoms with E-state index in [9.17, 15) is 16.8 Å². The van der Waals surface area contributed by atoms with Gasteiger partial charge < -0.3 is 0 Å². The van der Waals surface area contributed by atoms with E-state index < -0.39 is 25.4 Å². The van der Waals surface area contributed by atoms with E-state index in [2.05, 4.69) is 20.7 Å². The zero-order valence-corrected chi connectivity index (χ0v) is 13.5. The fraction of sp³-hybridized carbons (Fsp3) is 0.455. The predicted molar refractivity (Wildman–Crippen MR) is 76.1 cm³/mol. The van der Waals surface area contributed by atoms with Gasteiger partial charge in [0.1, 0.15) is 0 Å². The molecule has 1 aliphatic heterocycles. The van der Waals surface area contributed by atoms with Crippen LogP contribution in [0.4, 0.5) is 0 Å². The van der Waals surface area contributed by atoms with E-state index in [0.29, 0.717) is 6.42 Å². The van der Waals surface area contributed by atoms with E-state index in [4.69, 9.17) is 0 Å². The lowest BCUT2D eigenvalue weighted by Gasteiger charge is -2.23. The number of hydrogen-bond acceptors (Lipinski definition) is 4. The van der Waals surface area contributed by atoms with Crippen LogP contribution in [0, 0.1) is 0 Å². The average Bonchev–Trinajstić information content (AvgIpc) is 2.52. The highest BCUT2D eigenvalue weighted by molar-refractivity contribution is 9.10. The van der Waals surface area contributed by atoms with E-state index >= 15 is 0 Å². The molecule has 8 heteroatoms. The van der Waals surface area contributed by atoms with E-state index in [1.807, 2.05) is 0 Å². The first-order chi connectivity index (χ1) is 8.62. The van der Waals surface area contributed by atoms with Crippen molar-refractivity contribution in [1.29, 1.82) is 0 Å². The minimum absolute atomic E-state index is 0.0202. The summed E-state index contributed by atoms with van der Waals surface area (Å²) < 4.78 is 50.6. The molecule has 0 bridgehead atoms. The van der Waals surface area contributed by atoms with Gasteiger partial charge in [-0.3, -0.25) is 0 Å². The third kappa shape index (κ3) is 3.56. The number of rotatable bonds is 3. The first-order valence-corrected chi connectivity index (χ1v) is 9.72. The number of benzene rings is 1. The third-order valence-corrected chi connectivity index (χ3v) is 7.09. The largest absolute Gasteiger partial charge is 0.241 e. The van der Waals surface area contributed by atoms with Gasteiger partial charge >= 0.3 is 0 Å². The second-order valence-corrected chi connectivity index (χ2v) is 9.74. The molecule has 0 aliphatic carbocycles. The molecule has 19 heavy (non-hydrogen) atoms. The summed E-state index contributed by atoms with van der Waals surface area (Å²) in [6.07, 6.45) is 0.297. The summed E-state index contributed by atoms with van der Waals surface area (Å²) in [4.78, 5) is 0.126. The lowest BCUT2D eigenvalue weighted by molar-refractivity contribution is 0.462. The fourth-order valence-corrected chi connectivity index (χ4v) is 5.97. The molecule has 2 rings (SSSR count). The Morgan fingerprint density at radius 1 is 1.26 bits per heavy atom. The summed E-state index contributed by atoms with van der Waals surface area (Å²) in [5.74, 6) is -0.137. The van der Waals surface area contributed by atoms with Crippen molar-refractivity contribution < 1.29 is 16.8 Å². The van der Waals surface area contributed by atoms with Crippen LogP contribution < -0.4 is 4.72 Å². The number of nitrogens with one attached hydrogen (secondary N) is 1. The monoisotopic (exact) mass is 367 g/mol. The molecule has 0 unspecified atom stereocenters. The first-order valence-electron chi connectivity index (χ1n) is 5.62. The van der Waals surface area contributed by atoms with Crippen LogP contribution in [-0.4, -0.2) is 33.9 Å². The Balaban J connectivity index is 2.25. The second kappa shape index (κ2) is 4.83. The number of sulfone groups is 1. The number of halogens is 1. The summed E-state index contributed by atoms with van der Waals surface area (Å²) in [7, 11) is -6.85. The minimum Gasteiger partial charge on any atom is -0.229 e. The molecule has 1 heterocycles. The van der Waals surface area contributed by atoms with Gasteiger partial charge in [-0.1, -0.05) is 15.9 Å². The normalized spacial score (nSPS) is 26.4. The van der Waals surface area contributed by atoms with E-state index in [1.54, 1.807) is 19.1 Å². The molecular weight excluding hydrogens is 354 g/mol. The smallest absolute Gasteiger partial charge is 0.229 e. The van der Waals surface area contributed by atoms with Crippen molar-refractivity contribution in [3.05, 3.63) is 28.7 Å². The molecule has 1 atom stereocenters. The van der Waals surface area contributed by atoms with Gasteiger partial charge in [0.25, 0.3) is 0 Å². The van der Waals surface area contributed by atoms with Gasteiger partial charge in [-0.25, -0.2) is 21.6 Å². The summed E-state index contributed by atoms with van der Waals surface area (Å²) in [6, 6.07) is 6.20. The molecule has 1 N–H and O–H groups in total. The van der Waals surface area contributed by atoms with Gasteiger partial charge in [-0.15, -0.1) is 0 Å². The summed E-state index contributed by atoms with van der Waals surface area (Å²) >= 11 is 3.23. The van der Waals surface area contributed by atoms with Crippen molar-refractivity contribution in [3.8, 4) is 0 Å². The molecule has 0 saturated carbocycles. The van der Waals surface area contributed by atoms with Crippen LogP contribution in [-0.2, 0) is 19.9 Å². The Labute approximate surface area is 121 Å². The molecule has 5 nitrogen and oxygen atoms in total. The molecular formula is C11H14BrNO4S2. The second-order valence-electron chi connectivity index (χ2n) is 4.96. The zero-order valence-electron chi connectivity index (χ0n) is 10.3. The molecule has 1 saturated heterocycles. The highest BCUT2D eigenvalue weighted by Gasteiger charge is 2.41. The molecule has 1 fully saturated rings. The molecule has 1 aromatic carbocycles. The maximum Gasteiger partial charge on any atom is 0.241 e. The molecule has 1 aliphatic rings. The van der Waals surface area contributed by atoms with Crippen molar-refractivity contribution >= 4 is 35.8 Å². The maximum absolute atomic E-state index is 12.2. The van der Waals surface area contributed by atoms with Crippen molar-refractivity contribution in [3.63, 3.8) is 0 Å². The van der Waals surface area contributed by atoms with Crippen molar-refractivity contribution in [1.82, 2.24) is 4.72 Å². The Bertz CT molecular complexity index is 682. The lowest BCUT2D eigenvalue weighted by Crippen LogP contribution is -2.46. The molecule has 0 aromatic heterocycles. The van der Waals surface area contributed by atoms with Crippen LogP contribution in [0.15, 0.2) is 33.6 Å². The van der Waals surface area contributed by atoms with Gasteiger partial charge in [0.2, 0.25) is 10.0 Å². The van der Waals surface area contributed by atoms with Crippen LogP contribution in [0.2, 0.25) is 0 Å². The standard InChI is InChI=1S/C11H14BrNO4S2/c1-11(6-7-18(14,15)8-11)13-19(16,17)10-4-2-9(12)3-5-10/h2-5,13H,6-8H2,1H3/t11-/m1/s1. The Morgan fingerprint density at radius 3 is 2.32 bits per heavy atom. The number of sulfonamides is 1. The van der Waals surface area contributed by atoms with Crippen LogP contribution in [0.25, 0.3) is 0 Å². The van der Waals surface area contributed by atoms with Crippen LogP contribution >= 0.6 is 15.9 Å². The summed E-state index contributed by atoms with van der Waals surface area (Å²) in [5.41, 5.74) is -0.926. The first kappa shape index (κ1) is 15.0. The fourth-order valence-electron chi connectivity index (χ4n) is 2.09. The number of hydrogen-bond donors (Lipinski definition) is 1. The molecule has 0 amide bonds. The van der Waals surface area contributed by atoms with Crippen molar-refractivity contribution in [2.24, 2.45) is 0 Å². The van der Waals surface area contributed by atoms with Crippen LogP contribution in [0.5, 0.6) is 0 Å². The third-order valence-electron chi connectivity index (χ3n) is 3.01. The van der Waals surface area contributed by atoms with Crippen molar-refractivity contribution in [2.75, 3.05) is 11.5 Å². The van der Waals surface area contributed by atoms with Gasteiger partial charge in [-0.05, 0) is 37.6 Å². The van der Waals surface area contributed by atoms with Crippen LogP contribution in [0.3, 0.4) is 0 Å². The molecule has 1 aromatic rings. The topological polar surface area (TPSA) is 80.3 Å². The van der Waals surface area contributed by atoms with Gasteiger partial charge in [0, 0.05) is 10.0 Å². The van der Waals surface area contributed by atoms with E-state index in [0.717, 1.165) is 4.47 Å². The summed E-state index contributed by atoms with van der Waals surface area (Å²) in [5, 5.41) is 0. The SMILES string of the molecule is C[C@@]1(NS(=O)(=O)c2ccc(Br)cc2)CCS(=O)(=O)C1. The predicted octanol–water partition coefficient (Wildman–Crippen LogP) is 1.30. The van der Waals surface area contributed by atoms with E-state index in [1.165, 1.54) is 12.1 Å². The zero-order chi connectivity index (χ0) is 14.3. The van der Waals surface area contributed by atoms with Gasteiger partial charge in [-0.2, -0.15) is 0 Å². The van der Waals surface area contributed by atoms with Crippen LogP contribution in [0.1, 0.15) is 13.3 Å². The Morgan fingerprint density at radius 2 is 1.84 bits per heavy atom. The van der Waals surface area contributed by atoms with Gasteiger partial charge in [0.05, 0.1) is 16.4 Å². The lowest BCUT2D eigenvalue weighted by atomic mass is 10.0. The highest BCUT2D eigenvalue weighted by Crippen LogP contribution is 2.25. The Kier molecular flexibility index (Phi) is 3.81. The molecule has 0 spiro atoms. The minimum atomic E-state index is -3.70. The highest BCUT2D eigenvalue weighted by atomic mass is 79.9. The summed E-state index contributed by atoms with van der Waals surface area (Å²) in [6.45, 7) is 1.62. The molecule has 0 radical (unpaired) electrons. The quantitative estimate of drug-likeness (QED) is 0.872. The van der Waals surface area contributed by atoms with Crippen molar-refractivity contribution in [2.45, 2.75) is 23.8 Å².